The number of hydrogen-bond acceptors (Lipinski definition) is 1. The summed E-state index contributed by atoms with van der Waals surface area (Å²) in [5.41, 5.74) is 2.74. The van der Waals surface area contributed by atoms with Crippen molar-refractivity contribution in [1.82, 2.24) is 4.90 Å². The molecule has 1 fully saturated rings. The van der Waals surface area contributed by atoms with Gasteiger partial charge in [-0.25, -0.2) is 0 Å². The minimum absolute atomic E-state index is 0. The van der Waals surface area contributed by atoms with Crippen molar-refractivity contribution in [2.45, 2.75) is 38.4 Å². The Morgan fingerprint density at radius 1 is 0.957 bits per heavy atom. The van der Waals surface area contributed by atoms with Gasteiger partial charge in [0.2, 0.25) is 0 Å². The summed E-state index contributed by atoms with van der Waals surface area (Å²) in [5, 5.41) is 5.02. The van der Waals surface area contributed by atoms with Gasteiger partial charge in [-0.3, -0.25) is 4.90 Å². The molecule has 116 valence electrons. The van der Waals surface area contributed by atoms with Crippen LogP contribution in [0.1, 0.15) is 36.9 Å². The van der Waals surface area contributed by atoms with E-state index >= 15 is 0 Å². The third-order valence-electron chi connectivity index (χ3n) is 4.52. The van der Waals surface area contributed by atoms with E-state index in [0.717, 1.165) is 19.6 Å². The summed E-state index contributed by atoms with van der Waals surface area (Å²) in [7, 11) is 0. The van der Waals surface area contributed by atoms with Crippen LogP contribution in [0.3, 0.4) is 0 Å². The Hall–Kier alpha value is -1.04. The van der Waals surface area contributed by atoms with Gasteiger partial charge in [-0.15, -0.1) is 12.1 Å². The fourth-order valence-corrected chi connectivity index (χ4v) is 3.20. The van der Waals surface area contributed by atoms with Gasteiger partial charge in [0.15, 0.2) is 0 Å². The van der Waals surface area contributed by atoms with E-state index in [1.54, 1.807) is 0 Å². The van der Waals surface area contributed by atoms with Gasteiger partial charge in [-0.1, -0.05) is 86.0 Å². The third kappa shape index (κ3) is 5.51. The first-order valence-electron chi connectivity index (χ1n) is 8.32. The molecular formula is C20H25LiN2. The summed E-state index contributed by atoms with van der Waals surface area (Å²) in [5.74, 6) is 0. The van der Waals surface area contributed by atoms with Crippen LogP contribution >= 0.6 is 0 Å². The Morgan fingerprint density at radius 3 is 2.13 bits per heavy atom. The zero-order valence-electron chi connectivity index (χ0n) is 14.4. The minimum atomic E-state index is 0. The first-order chi connectivity index (χ1) is 10.8. The number of rotatable bonds is 5. The molecule has 2 nitrogen and oxygen atoms in total. The Balaban J connectivity index is 0.00000192. The second-order valence-corrected chi connectivity index (χ2v) is 6.23. The van der Waals surface area contributed by atoms with E-state index in [1.807, 2.05) is 0 Å². The molecule has 2 aromatic carbocycles. The van der Waals surface area contributed by atoms with Crippen molar-refractivity contribution < 1.29 is 18.9 Å². The summed E-state index contributed by atoms with van der Waals surface area (Å²) in [6.07, 6.45) is 2.37. The predicted molar refractivity (Wildman–Crippen MR) is 93.0 cm³/mol. The quantitative estimate of drug-likeness (QED) is 0.770. The molecule has 0 amide bonds. The molecule has 3 rings (SSSR count). The second kappa shape index (κ2) is 9.30. The molecule has 1 aliphatic rings. The predicted octanol–water partition coefficient (Wildman–Crippen LogP) is 1.79. The minimum Gasteiger partial charge on any atom is -0.653 e. The first-order valence-corrected chi connectivity index (χ1v) is 8.32. The van der Waals surface area contributed by atoms with Crippen LogP contribution in [0.4, 0.5) is 0 Å². The van der Waals surface area contributed by atoms with Crippen molar-refractivity contribution in [3.05, 3.63) is 77.1 Å². The van der Waals surface area contributed by atoms with Crippen LogP contribution in [-0.4, -0.2) is 24.0 Å². The monoisotopic (exact) mass is 300 g/mol. The molecule has 1 aliphatic heterocycles. The molecule has 1 atom stereocenters. The van der Waals surface area contributed by atoms with Gasteiger partial charge in [-0.05, 0) is 18.7 Å². The van der Waals surface area contributed by atoms with E-state index in [4.69, 9.17) is 5.32 Å². The molecule has 0 aliphatic carbocycles. The molecule has 0 radical (unpaired) electrons. The topological polar surface area (TPSA) is 17.3 Å². The Morgan fingerprint density at radius 2 is 1.52 bits per heavy atom. The van der Waals surface area contributed by atoms with E-state index in [1.165, 1.54) is 24.0 Å². The number of nitrogens with zero attached hydrogens (tertiary/aromatic N) is 2. The maximum absolute atomic E-state index is 5.02. The molecule has 0 saturated carbocycles. The van der Waals surface area contributed by atoms with Gasteiger partial charge >= 0.3 is 18.9 Å². The fourth-order valence-electron chi connectivity index (χ4n) is 3.20. The van der Waals surface area contributed by atoms with Crippen LogP contribution in [0.2, 0.25) is 0 Å². The molecule has 23 heavy (non-hydrogen) atoms. The van der Waals surface area contributed by atoms with Crippen LogP contribution in [-0.2, 0) is 6.54 Å². The molecule has 3 heteroatoms. The molecular weight excluding hydrogens is 275 g/mol. The summed E-state index contributed by atoms with van der Waals surface area (Å²) >= 11 is 0. The standard InChI is InChI=1S/C20H25N2.Li/c1-17(19-10-6-3-7-11-19)21-20-12-14-22(15-13-20)16-18-8-4-2-5-9-18;/h2-11,17,20H,12-16H2,1H3;/q-1;+1/t17-;/m0./s1. The van der Waals surface area contributed by atoms with E-state index in [2.05, 4.69) is 72.5 Å². The first kappa shape index (κ1) is 18.3. The summed E-state index contributed by atoms with van der Waals surface area (Å²) < 4.78 is 0. The van der Waals surface area contributed by atoms with Crippen LogP contribution in [0, 0.1) is 0 Å². The third-order valence-corrected chi connectivity index (χ3v) is 4.52. The summed E-state index contributed by atoms with van der Waals surface area (Å²) in [4.78, 5) is 2.55. The van der Waals surface area contributed by atoms with E-state index in [-0.39, 0.29) is 18.9 Å². The average Bonchev–Trinajstić information content (AvgIpc) is 2.58. The molecule has 1 heterocycles. The van der Waals surface area contributed by atoms with Crippen LogP contribution in [0.15, 0.2) is 60.7 Å². The van der Waals surface area contributed by atoms with Crippen LogP contribution < -0.4 is 18.9 Å². The van der Waals surface area contributed by atoms with Crippen LogP contribution in [0.5, 0.6) is 0 Å². The number of piperidine rings is 1. The van der Waals surface area contributed by atoms with Gasteiger partial charge in [-0.2, -0.15) is 0 Å². The van der Waals surface area contributed by atoms with Gasteiger partial charge in [0, 0.05) is 6.54 Å². The Labute approximate surface area is 152 Å². The van der Waals surface area contributed by atoms with Gasteiger partial charge < -0.3 is 5.32 Å². The molecule has 1 saturated heterocycles. The summed E-state index contributed by atoms with van der Waals surface area (Å²) in [6, 6.07) is 22.2. The van der Waals surface area contributed by atoms with E-state index in [0.29, 0.717) is 12.1 Å². The smallest absolute Gasteiger partial charge is 0.653 e. The van der Waals surface area contributed by atoms with Crippen molar-refractivity contribution >= 4 is 0 Å². The molecule has 0 aromatic heterocycles. The number of benzene rings is 2. The van der Waals surface area contributed by atoms with Crippen molar-refractivity contribution in [3.8, 4) is 0 Å². The second-order valence-electron chi connectivity index (χ2n) is 6.23. The van der Waals surface area contributed by atoms with Crippen molar-refractivity contribution in [3.63, 3.8) is 0 Å². The Bertz CT molecular complexity index is 550. The number of hydrogen-bond donors (Lipinski definition) is 0. The molecule has 0 unspecified atom stereocenters. The van der Waals surface area contributed by atoms with Crippen LogP contribution in [0.25, 0.3) is 5.32 Å². The summed E-state index contributed by atoms with van der Waals surface area (Å²) in [6.45, 7) is 5.60. The molecule has 0 bridgehead atoms. The largest absolute Gasteiger partial charge is 1.00 e. The molecule has 0 N–H and O–H groups in total. The average molecular weight is 300 g/mol. The zero-order valence-corrected chi connectivity index (χ0v) is 14.4. The SMILES string of the molecule is C[C@H]([N-]C1CCN(Cc2ccccc2)CC1)c1ccccc1.[Li+]. The zero-order chi connectivity index (χ0) is 15.2. The van der Waals surface area contributed by atoms with E-state index < -0.39 is 0 Å². The van der Waals surface area contributed by atoms with Gasteiger partial charge in [0.1, 0.15) is 0 Å². The normalized spacial score (nSPS) is 17.4. The van der Waals surface area contributed by atoms with Crippen molar-refractivity contribution in [2.75, 3.05) is 13.1 Å². The van der Waals surface area contributed by atoms with E-state index in [9.17, 15) is 0 Å². The van der Waals surface area contributed by atoms with Crippen molar-refractivity contribution in [1.29, 1.82) is 0 Å². The van der Waals surface area contributed by atoms with Crippen molar-refractivity contribution in [2.24, 2.45) is 0 Å². The fraction of sp³-hybridized carbons (Fsp3) is 0.400. The molecule has 0 spiro atoms. The maximum atomic E-state index is 5.02. The van der Waals surface area contributed by atoms with Gasteiger partial charge in [0.05, 0.1) is 0 Å². The Kier molecular flexibility index (Phi) is 7.40. The van der Waals surface area contributed by atoms with Gasteiger partial charge in [0.25, 0.3) is 0 Å². The maximum Gasteiger partial charge on any atom is 1.00 e. The number of likely N-dealkylation sites (tertiary alicyclic amines) is 1. The molecule has 2 aromatic rings.